The zero-order valence-corrected chi connectivity index (χ0v) is 12.2. The number of hydrogen-bond donors (Lipinski definition) is 0. The number of halogens is 1. The molecule has 0 radical (unpaired) electrons. The van der Waals surface area contributed by atoms with Gasteiger partial charge in [0.2, 0.25) is 0 Å². The fraction of sp³-hybridized carbons (Fsp3) is 0.533. The Morgan fingerprint density at radius 1 is 1.10 bits per heavy atom. The number of likely N-dealkylation sites (N-methyl/N-ethyl adjacent to an activating group) is 2. The lowest BCUT2D eigenvalue weighted by Gasteiger charge is -2.28. The van der Waals surface area contributed by atoms with Crippen molar-refractivity contribution < 1.29 is 18.8 Å². The van der Waals surface area contributed by atoms with Crippen LogP contribution in [0.5, 0.6) is 0 Å². The van der Waals surface area contributed by atoms with Gasteiger partial charge in [-0.3, -0.25) is 19.4 Å². The van der Waals surface area contributed by atoms with E-state index in [1.165, 1.54) is 20.2 Å². The summed E-state index contributed by atoms with van der Waals surface area (Å²) < 4.78 is 13.3. The van der Waals surface area contributed by atoms with Crippen molar-refractivity contribution in [2.75, 3.05) is 14.1 Å². The van der Waals surface area contributed by atoms with E-state index in [1.807, 2.05) is 6.08 Å². The molecule has 114 valence electrons. The minimum atomic E-state index is -0.770. The largest absolute Gasteiger partial charge is 0.333 e. The van der Waals surface area contributed by atoms with Crippen molar-refractivity contribution in [3.63, 3.8) is 0 Å². The molecule has 0 bridgehead atoms. The lowest BCUT2D eigenvalue weighted by molar-refractivity contribution is -0.134. The fourth-order valence-electron chi connectivity index (χ4n) is 2.64. The van der Waals surface area contributed by atoms with Crippen LogP contribution in [-0.4, -0.2) is 47.9 Å². The Morgan fingerprint density at radius 2 is 1.71 bits per heavy atom. The molecular weight excluding hydrogens is 275 g/mol. The topological polar surface area (TPSA) is 57.7 Å². The molecule has 2 aliphatic rings. The second kappa shape index (κ2) is 6.20. The van der Waals surface area contributed by atoms with E-state index in [-0.39, 0.29) is 11.5 Å². The lowest BCUT2D eigenvalue weighted by atomic mass is 9.88. The van der Waals surface area contributed by atoms with Crippen molar-refractivity contribution in [2.24, 2.45) is 5.92 Å². The Labute approximate surface area is 123 Å². The van der Waals surface area contributed by atoms with Crippen molar-refractivity contribution in [2.45, 2.75) is 31.9 Å². The van der Waals surface area contributed by atoms with Crippen molar-refractivity contribution in [1.29, 1.82) is 0 Å². The second-order valence-corrected chi connectivity index (χ2v) is 5.50. The van der Waals surface area contributed by atoms with Gasteiger partial charge in [-0.25, -0.2) is 9.18 Å². The van der Waals surface area contributed by atoms with Crippen molar-refractivity contribution in [1.82, 2.24) is 9.80 Å². The molecule has 4 amide bonds. The minimum absolute atomic E-state index is 0.0524. The van der Waals surface area contributed by atoms with Crippen LogP contribution in [0.25, 0.3) is 0 Å². The molecule has 2 fully saturated rings. The first-order chi connectivity index (χ1) is 9.91. The van der Waals surface area contributed by atoms with E-state index < -0.39 is 24.0 Å². The molecule has 0 aromatic carbocycles. The highest BCUT2D eigenvalue weighted by Crippen LogP contribution is 2.27. The quantitative estimate of drug-likeness (QED) is 0.578. The van der Waals surface area contributed by atoms with E-state index >= 15 is 0 Å². The maximum absolute atomic E-state index is 13.3. The highest BCUT2D eigenvalue weighted by atomic mass is 19.1. The van der Waals surface area contributed by atoms with Gasteiger partial charge < -0.3 is 0 Å². The number of urea groups is 1. The summed E-state index contributed by atoms with van der Waals surface area (Å²) in [7, 11) is 2.67. The highest BCUT2D eigenvalue weighted by molar-refractivity contribution is 6.28. The fourth-order valence-corrected chi connectivity index (χ4v) is 2.64. The zero-order chi connectivity index (χ0) is 15.6. The number of amides is 4. The zero-order valence-electron chi connectivity index (χ0n) is 12.2. The van der Waals surface area contributed by atoms with Crippen molar-refractivity contribution in [3.8, 4) is 0 Å². The molecule has 1 heterocycles. The Balaban J connectivity index is 2.10. The SMILES string of the molecule is CN1C(=O)C(=C/C=C/C2CCCC(F)C2)C(=O)N(C)C1=O. The molecule has 0 N–H and O–H groups in total. The van der Waals surface area contributed by atoms with Crippen LogP contribution < -0.4 is 0 Å². The number of carbonyl (C=O) groups is 3. The number of hydrogen-bond acceptors (Lipinski definition) is 3. The van der Waals surface area contributed by atoms with E-state index in [0.717, 1.165) is 22.6 Å². The van der Waals surface area contributed by atoms with E-state index in [0.29, 0.717) is 12.8 Å². The maximum Gasteiger partial charge on any atom is 0.333 e. The summed E-state index contributed by atoms with van der Waals surface area (Å²) in [5.74, 6) is -1.09. The average molecular weight is 294 g/mol. The number of rotatable bonds is 2. The number of alkyl halides is 1. The van der Waals surface area contributed by atoms with Gasteiger partial charge >= 0.3 is 6.03 Å². The third kappa shape index (κ3) is 3.20. The molecule has 1 aliphatic heterocycles. The van der Waals surface area contributed by atoms with Gasteiger partial charge in [0, 0.05) is 14.1 Å². The van der Waals surface area contributed by atoms with Crippen LogP contribution in [0.2, 0.25) is 0 Å². The second-order valence-electron chi connectivity index (χ2n) is 5.50. The van der Waals surface area contributed by atoms with E-state index in [1.54, 1.807) is 6.08 Å². The number of carbonyl (C=O) groups excluding carboxylic acids is 3. The molecule has 2 atom stereocenters. The predicted octanol–water partition coefficient (Wildman–Crippen LogP) is 2.05. The van der Waals surface area contributed by atoms with Gasteiger partial charge in [0.15, 0.2) is 0 Å². The summed E-state index contributed by atoms with van der Waals surface area (Å²) in [5.41, 5.74) is -0.0524. The van der Waals surface area contributed by atoms with Gasteiger partial charge in [-0.2, -0.15) is 0 Å². The molecule has 1 saturated heterocycles. The Bertz CT molecular complexity index is 501. The minimum Gasteiger partial charge on any atom is -0.268 e. The summed E-state index contributed by atoms with van der Waals surface area (Å²) in [4.78, 5) is 37.2. The van der Waals surface area contributed by atoms with Gasteiger partial charge in [0.25, 0.3) is 11.8 Å². The summed E-state index contributed by atoms with van der Waals surface area (Å²) in [5, 5.41) is 0. The number of nitrogens with zero attached hydrogens (tertiary/aromatic N) is 2. The van der Waals surface area contributed by atoms with Crippen LogP contribution in [0.4, 0.5) is 9.18 Å². The number of imide groups is 2. The monoisotopic (exact) mass is 294 g/mol. The molecule has 0 spiro atoms. The molecule has 1 saturated carbocycles. The summed E-state index contributed by atoms with van der Waals surface area (Å²) in [6.07, 6.45) is 6.95. The number of allylic oxidation sites excluding steroid dienone is 3. The first-order valence-electron chi connectivity index (χ1n) is 7.04. The third-order valence-electron chi connectivity index (χ3n) is 3.94. The van der Waals surface area contributed by atoms with Crippen LogP contribution in [-0.2, 0) is 9.59 Å². The van der Waals surface area contributed by atoms with Gasteiger partial charge in [0.05, 0.1) is 0 Å². The Morgan fingerprint density at radius 3 is 2.29 bits per heavy atom. The van der Waals surface area contributed by atoms with Crippen molar-refractivity contribution >= 4 is 17.8 Å². The lowest BCUT2D eigenvalue weighted by Crippen LogP contribution is -2.52. The van der Waals surface area contributed by atoms with E-state index in [9.17, 15) is 18.8 Å². The standard InChI is InChI=1S/C15H19FN2O3/c1-17-13(19)12(14(20)18(2)15(17)21)8-4-6-10-5-3-7-11(16)9-10/h4,6,8,10-11H,3,5,7,9H2,1-2H3/b6-4+. The first-order valence-corrected chi connectivity index (χ1v) is 7.04. The van der Waals surface area contributed by atoms with Crippen LogP contribution in [0, 0.1) is 5.92 Å². The predicted molar refractivity (Wildman–Crippen MR) is 75.0 cm³/mol. The van der Waals surface area contributed by atoms with Crippen LogP contribution in [0.3, 0.4) is 0 Å². The maximum atomic E-state index is 13.3. The Kier molecular flexibility index (Phi) is 4.55. The van der Waals surface area contributed by atoms with Gasteiger partial charge in [-0.1, -0.05) is 12.2 Å². The van der Waals surface area contributed by atoms with Crippen LogP contribution >= 0.6 is 0 Å². The Hall–Kier alpha value is -1.98. The van der Waals surface area contributed by atoms with Gasteiger partial charge in [0.1, 0.15) is 11.7 Å². The molecule has 0 aromatic rings. The van der Waals surface area contributed by atoms with Gasteiger partial charge in [-0.05, 0) is 37.7 Å². The molecule has 5 nitrogen and oxygen atoms in total. The summed E-state index contributed by atoms with van der Waals surface area (Å²) in [6, 6.07) is -0.640. The first kappa shape index (κ1) is 15.4. The average Bonchev–Trinajstić information content (AvgIpc) is 2.47. The van der Waals surface area contributed by atoms with E-state index in [4.69, 9.17) is 0 Å². The van der Waals surface area contributed by atoms with Crippen LogP contribution in [0.15, 0.2) is 23.8 Å². The normalized spacial score (nSPS) is 27.8. The summed E-state index contributed by atoms with van der Waals surface area (Å²) in [6.45, 7) is 0. The molecular formula is C15H19FN2O3. The third-order valence-corrected chi connectivity index (χ3v) is 3.94. The molecule has 2 unspecified atom stereocenters. The molecule has 21 heavy (non-hydrogen) atoms. The highest BCUT2D eigenvalue weighted by Gasteiger charge is 2.37. The molecule has 1 aliphatic carbocycles. The molecule has 0 aromatic heterocycles. The summed E-state index contributed by atoms with van der Waals surface area (Å²) >= 11 is 0. The molecule has 2 rings (SSSR count). The van der Waals surface area contributed by atoms with Crippen molar-refractivity contribution in [3.05, 3.63) is 23.8 Å². The molecule has 6 heteroatoms. The van der Waals surface area contributed by atoms with Crippen LogP contribution in [0.1, 0.15) is 25.7 Å². The van der Waals surface area contributed by atoms with E-state index in [2.05, 4.69) is 0 Å². The number of barbiturate groups is 1. The smallest absolute Gasteiger partial charge is 0.268 e. The van der Waals surface area contributed by atoms with Gasteiger partial charge in [-0.15, -0.1) is 0 Å².